The van der Waals surface area contributed by atoms with Crippen LogP contribution in [0.2, 0.25) is 0 Å². The molecular formula is C20H19NO7. The first-order chi connectivity index (χ1) is 13.1. The van der Waals surface area contributed by atoms with Gasteiger partial charge in [0, 0.05) is 5.56 Å². The third kappa shape index (κ3) is 4.94. The van der Waals surface area contributed by atoms with Crippen molar-refractivity contribution in [3.05, 3.63) is 58.1 Å². The molecule has 0 aromatic heterocycles. The molecule has 2 aromatic rings. The van der Waals surface area contributed by atoms with Crippen molar-refractivity contribution in [3.63, 3.8) is 0 Å². The van der Waals surface area contributed by atoms with Gasteiger partial charge in [-0.3, -0.25) is 19.2 Å². The van der Waals surface area contributed by atoms with Gasteiger partial charge in [-0.2, -0.15) is 0 Å². The second-order valence-electron chi connectivity index (χ2n) is 6.38. The molecule has 2 aromatic carbocycles. The highest BCUT2D eigenvalue weighted by Gasteiger charge is 2.27. The molecular weight excluding hydrogens is 366 g/mol. The molecule has 8 heteroatoms. The summed E-state index contributed by atoms with van der Waals surface area (Å²) in [4.78, 5) is 43.0. The highest BCUT2D eigenvalue weighted by atomic mass is 16.4. The Hall–Kier alpha value is -3.68. The first-order valence-corrected chi connectivity index (χ1v) is 8.29. The molecule has 0 fully saturated rings. The molecule has 0 unspecified atom stereocenters. The maximum atomic E-state index is 11.1. The van der Waals surface area contributed by atoms with Crippen molar-refractivity contribution < 1.29 is 34.5 Å². The van der Waals surface area contributed by atoms with E-state index < -0.39 is 23.6 Å². The number of phenolic OH excluding ortho intramolecular Hbond substituents is 1. The van der Waals surface area contributed by atoms with E-state index in [9.17, 15) is 24.3 Å². The zero-order chi connectivity index (χ0) is 21.0. The number of rotatable bonds is 4. The lowest BCUT2D eigenvalue weighted by Crippen LogP contribution is -2.12. The first kappa shape index (κ1) is 20.6. The minimum absolute atomic E-state index is 0.177. The number of carboxylic acid groups (broad SMARTS) is 2. The summed E-state index contributed by atoms with van der Waals surface area (Å²) < 4.78 is 0. The fourth-order valence-electron chi connectivity index (χ4n) is 2.71. The number of aliphatic carboxylic acids is 2. The molecule has 3 rings (SSSR count). The van der Waals surface area contributed by atoms with Gasteiger partial charge in [-0.1, -0.05) is 17.7 Å². The minimum atomic E-state index is -1.04. The lowest BCUT2D eigenvalue weighted by atomic mass is 10.00. The number of benzene rings is 2. The molecule has 0 saturated carbocycles. The number of fused-ring (bicyclic) bond motifs is 1. The van der Waals surface area contributed by atoms with Crippen LogP contribution in [0.4, 0.5) is 5.69 Å². The predicted octanol–water partition coefficient (Wildman–Crippen LogP) is 2.08. The van der Waals surface area contributed by atoms with Crippen molar-refractivity contribution in [2.24, 2.45) is 0 Å². The van der Waals surface area contributed by atoms with Crippen molar-refractivity contribution in [2.45, 2.75) is 26.7 Å². The predicted molar refractivity (Wildman–Crippen MR) is 99.7 cm³/mol. The standard InChI is InChI=1S/C11H12O5.C9H7NO2/c1-6-2-8(5-11(15)16)9(12)3-7(6)4-10(13)14;1-5-2-3-7-6(4-5)8(11)9(12)10-7/h2-3,12H,4-5H2,1H3,(H,13,14)(H,15,16);2-4H,1H3,(H,10,11,12). The van der Waals surface area contributed by atoms with E-state index in [1.807, 2.05) is 13.0 Å². The van der Waals surface area contributed by atoms with E-state index in [0.717, 1.165) is 5.56 Å². The highest BCUT2D eigenvalue weighted by molar-refractivity contribution is 6.51. The summed E-state index contributed by atoms with van der Waals surface area (Å²) in [5, 5.41) is 29.2. The number of aromatic hydroxyl groups is 1. The van der Waals surface area contributed by atoms with Gasteiger partial charge in [0.2, 0.25) is 0 Å². The van der Waals surface area contributed by atoms with Crippen molar-refractivity contribution in [2.75, 3.05) is 5.32 Å². The zero-order valence-electron chi connectivity index (χ0n) is 15.3. The summed E-state index contributed by atoms with van der Waals surface area (Å²) in [5.74, 6) is -3.18. The summed E-state index contributed by atoms with van der Waals surface area (Å²) in [6, 6.07) is 8.13. The number of carboxylic acids is 2. The van der Waals surface area contributed by atoms with Gasteiger partial charge in [-0.25, -0.2) is 0 Å². The largest absolute Gasteiger partial charge is 0.508 e. The molecule has 0 atom stereocenters. The normalized spacial score (nSPS) is 11.9. The van der Waals surface area contributed by atoms with Gasteiger partial charge in [0.15, 0.2) is 0 Å². The molecule has 0 saturated heterocycles. The minimum Gasteiger partial charge on any atom is -0.508 e. The van der Waals surface area contributed by atoms with Gasteiger partial charge in [0.25, 0.3) is 11.7 Å². The Labute approximate surface area is 160 Å². The molecule has 146 valence electrons. The second kappa shape index (κ2) is 8.34. The van der Waals surface area contributed by atoms with Crippen LogP contribution in [0.5, 0.6) is 5.75 Å². The van der Waals surface area contributed by atoms with Crippen LogP contribution in [0, 0.1) is 13.8 Å². The van der Waals surface area contributed by atoms with E-state index in [1.165, 1.54) is 12.1 Å². The number of hydrogen-bond donors (Lipinski definition) is 4. The third-order valence-corrected chi connectivity index (χ3v) is 4.09. The van der Waals surface area contributed by atoms with Crippen LogP contribution < -0.4 is 5.32 Å². The Balaban J connectivity index is 0.000000207. The van der Waals surface area contributed by atoms with Gasteiger partial charge in [-0.05, 0) is 43.2 Å². The molecule has 0 radical (unpaired) electrons. The summed E-state index contributed by atoms with van der Waals surface area (Å²) in [5.41, 5.74) is 3.53. The number of carbonyl (C=O) groups is 4. The molecule has 0 aliphatic carbocycles. The Morgan fingerprint density at radius 3 is 2.14 bits per heavy atom. The number of nitrogens with one attached hydrogen (secondary N) is 1. The molecule has 1 amide bonds. The average molecular weight is 385 g/mol. The Bertz CT molecular complexity index is 937. The van der Waals surface area contributed by atoms with E-state index in [-0.39, 0.29) is 18.6 Å². The molecule has 4 N–H and O–H groups in total. The zero-order valence-corrected chi connectivity index (χ0v) is 15.3. The molecule has 1 aliphatic heterocycles. The van der Waals surface area contributed by atoms with Gasteiger partial charge in [-0.15, -0.1) is 0 Å². The summed E-state index contributed by atoms with van der Waals surface area (Å²) in [6.45, 7) is 3.57. The maximum Gasteiger partial charge on any atom is 0.307 e. The van der Waals surface area contributed by atoms with Crippen molar-refractivity contribution in [1.29, 1.82) is 0 Å². The second-order valence-corrected chi connectivity index (χ2v) is 6.38. The maximum absolute atomic E-state index is 11.1. The number of anilines is 1. The number of phenols is 1. The molecule has 0 spiro atoms. The fraction of sp³-hybridized carbons (Fsp3) is 0.200. The number of Topliss-reactive ketones (excluding diaryl/α,β-unsaturated/α-hetero) is 1. The highest BCUT2D eigenvalue weighted by Crippen LogP contribution is 2.24. The molecule has 0 bridgehead atoms. The van der Waals surface area contributed by atoms with E-state index in [0.29, 0.717) is 27.9 Å². The Morgan fingerprint density at radius 1 is 0.929 bits per heavy atom. The Morgan fingerprint density at radius 2 is 1.54 bits per heavy atom. The number of carbonyl (C=O) groups excluding carboxylic acids is 2. The molecule has 1 heterocycles. The van der Waals surface area contributed by atoms with Crippen LogP contribution in [0.3, 0.4) is 0 Å². The van der Waals surface area contributed by atoms with E-state index in [4.69, 9.17) is 10.2 Å². The number of aryl methyl sites for hydroxylation is 2. The van der Waals surface area contributed by atoms with E-state index in [2.05, 4.69) is 5.32 Å². The molecule has 8 nitrogen and oxygen atoms in total. The summed E-state index contributed by atoms with van der Waals surface area (Å²) in [7, 11) is 0. The van der Waals surface area contributed by atoms with Crippen molar-refractivity contribution >= 4 is 29.3 Å². The van der Waals surface area contributed by atoms with Gasteiger partial charge >= 0.3 is 11.9 Å². The van der Waals surface area contributed by atoms with E-state index >= 15 is 0 Å². The average Bonchev–Trinajstić information content (AvgIpc) is 2.86. The van der Waals surface area contributed by atoms with Gasteiger partial charge in [0.1, 0.15) is 5.75 Å². The SMILES string of the molecule is Cc1cc(CC(=O)O)c(O)cc1CC(=O)O.Cc1ccc2c(c1)C(=O)C(=O)N2. The fourth-order valence-corrected chi connectivity index (χ4v) is 2.71. The smallest absolute Gasteiger partial charge is 0.307 e. The topological polar surface area (TPSA) is 141 Å². The monoisotopic (exact) mass is 385 g/mol. The third-order valence-electron chi connectivity index (χ3n) is 4.09. The van der Waals surface area contributed by atoms with Crippen LogP contribution in [-0.4, -0.2) is 38.9 Å². The first-order valence-electron chi connectivity index (χ1n) is 8.29. The van der Waals surface area contributed by atoms with E-state index in [1.54, 1.807) is 19.1 Å². The number of amides is 1. The summed E-state index contributed by atoms with van der Waals surface area (Å²) >= 11 is 0. The number of hydrogen-bond acceptors (Lipinski definition) is 5. The van der Waals surface area contributed by atoms with Crippen molar-refractivity contribution in [3.8, 4) is 5.75 Å². The van der Waals surface area contributed by atoms with Crippen LogP contribution >= 0.6 is 0 Å². The quantitative estimate of drug-likeness (QED) is 0.591. The molecule has 28 heavy (non-hydrogen) atoms. The lowest BCUT2D eigenvalue weighted by molar-refractivity contribution is -0.137. The van der Waals surface area contributed by atoms with Crippen LogP contribution in [-0.2, 0) is 27.2 Å². The van der Waals surface area contributed by atoms with Gasteiger partial charge < -0.3 is 20.6 Å². The lowest BCUT2D eigenvalue weighted by Gasteiger charge is -2.08. The Kier molecular flexibility index (Phi) is 6.15. The summed E-state index contributed by atoms with van der Waals surface area (Å²) in [6.07, 6.45) is -0.466. The van der Waals surface area contributed by atoms with Crippen molar-refractivity contribution in [1.82, 2.24) is 0 Å². The van der Waals surface area contributed by atoms with Gasteiger partial charge in [0.05, 0.1) is 24.1 Å². The van der Waals surface area contributed by atoms with Crippen LogP contribution in [0.25, 0.3) is 0 Å². The van der Waals surface area contributed by atoms with Crippen LogP contribution in [0.1, 0.15) is 32.6 Å². The molecule has 1 aliphatic rings. The van der Waals surface area contributed by atoms with Crippen LogP contribution in [0.15, 0.2) is 30.3 Å². The number of ketones is 1.